The van der Waals surface area contributed by atoms with E-state index < -0.39 is 0 Å². The lowest BCUT2D eigenvalue weighted by molar-refractivity contribution is -0.127. The van der Waals surface area contributed by atoms with Gasteiger partial charge < -0.3 is 9.32 Å². The molecule has 0 saturated carbocycles. The summed E-state index contributed by atoms with van der Waals surface area (Å²) in [4.78, 5) is 18.3. The topological polar surface area (TPSA) is 75.0 Å². The molecule has 7 heteroatoms. The predicted molar refractivity (Wildman–Crippen MR) is 97.2 cm³/mol. The summed E-state index contributed by atoms with van der Waals surface area (Å²) in [6, 6.07) is 11.8. The SMILES string of the molecule is Cc1ccc(-c2nc(SCC(=O)N(C)Cc3ccc(C)o3)n[nH]2)cc1. The molecule has 0 radical (unpaired) electrons. The number of nitrogens with one attached hydrogen (secondary N) is 1. The van der Waals surface area contributed by atoms with E-state index in [1.807, 2.05) is 50.2 Å². The van der Waals surface area contributed by atoms with E-state index in [1.165, 1.54) is 17.3 Å². The number of aromatic nitrogens is 3. The number of furan rings is 1. The molecule has 25 heavy (non-hydrogen) atoms. The van der Waals surface area contributed by atoms with Crippen molar-refractivity contribution in [3.05, 3.63) is 53.5 Å². The largest absolute Gasteiger partial charge is 0.464 e. The first-order valence-corrected chi connectivity index (χ1v) is 8.91. The number of nitrogens with zero attached hydrogens (tertiary/aromatic N) is 3. The number of carbonyl (C=O) groups excluding carboxylic acids is 1. The standard InChI is InChI=1S/C18H20N4O2S/c1-12-4-7-14(8-5-12)17-19-18(21-20-17)25-11-16(23)22(3)10-15-9-6-13(2)24-15/h4-9H,10-11H2,1-3H3,(H,19,20,21). The molecule has 0 aliphatic carbocycles. The van der Waals surface area contributed by atoms with Crippen LogP contribution in [-0.4, -0.2) is 38.8 Å². The van der Waals surface area contributed by atoms with E-state index in [0.717, 1.165) is 17.1 Å². The van der Waals surface area contributed by atoms with Gasteiger partial charge in [0.2, 0.25) is 11.1 Å². The summed E-state index contributed by atoms with van der Waals surface area (Å²) < 4.78 is 5.50. The molecule has 3 rings (SSSR count). The van der Waals surface area contributed by atoms with E-state index in [1.54, 1.807) is 11.9 Å². The first-order valence-electron chi connectivity index (χ1n) is 7.93. The third-order valence-electron chi connectivity index (χ3n) is 3.73. The third kappa shape index (κ3) is 4.51. The lowest BCUT2D eigenvalue weighted by Gasteiger charge is -2.14. The fraction of sp³-hybridized carbons (Fsp3) is 0.278. The molecular weight excluding hydrogens is 336 g/mol. The van der Waals surface area contributed by atoms with Crippen molar-refractivity contribution in [1.29, 1.82) is 0 Å². The van der Waals surface area contributed by atoms with Crippen molar-refractivity contribution < 1.29 is 9.21 Å². The van der Waals surface area contributed by atoms with Crippen LogP contribution in [0.1, 0.15) is 17.1 Å². The number of hydrogen-bond acceptors (Lipinski definition) is 5. The second-order valence-corrected chi connectivity index (χ2v) is 6.83. The number of H-pyrrole nitrogens is 1. The van der Waals surface area contributed by atoms with E-state index in [2.05, 4.69) is 15.2 Å². The summed E-state index contributed by atoms with van der Waals surface area (Å²) in [5, 5.41) is 7.65. The predicted octanol–water partition coefficient (Wildman–Crippen LogP) is 3.43. The third-order valence-corrected chi connectivity index (χ3v) is 4.56. The number of carbonyl (C=O) groups is 1. The van der Waals surface area contributed by atoms with Crippen LogP contribution < -0.4 is 0 Å². The van der Waals surface area contributed by atoms with Crippen LogP contribution in [0.5, 0.6) is 0 Å². The van der Waals surface area contributed by atoms with Crippen LogP contribution in [0.15, 0.2) is 46.0 Å². The summed E-state index contributed by atoms with van der Waals surface area (Å²) in [5.41, 5.74) is 2.17. The maximum Gasteiger partial charge on any atom is 0.233 e. The minimum Gasteiger partial charge on any atom is -0.464 e. The summed E-state index contributed by atoms with van der Waals surface area (Å²) in [5.74, 6) is 2.60. The summed E-state index contributed by atoms with van der Waals surface area (Å²) >= 11 is 1.32. The molecule has 2 aromatic heterocycles. The molecule has 0 atom stereocenters. The molecule has 1 amide bonds. The molecule has 0 bridgehead atoms. The Kier molecular flexibility index (Phi) is 5.23. The smallest absolute Gasteiger partial charge is 0.233 e. The van der Waals surface area contributed by atoms with Crippen LogP contribution in [0, 0.1) is 13.8 Å². The van der Waals surface area contributed by atoms with Crippen molar-refractivity contribution in [3.8, 4) is 11.4 Å². The average molecular weight is 356 g/mol. The number of aromatic amines is 1. The molecule has 0 unspecified atom stereocenters. The Labute approximate surface area is 150 Å². The van der Waals surface area contributed by atoms with Crippen molar-refractivity contribution in [1.82, 2.24) is 20.1 Å². The fourth-order valence-corrected chi connectivity index (χ4v) is 3.02. The lowest BCUT2D eigenvalue weighted by Crippen LogP contribution is -2.27. The Hall–Kier alpha value is -2.54. The molecule has 1 aromatic carbocycles. The molecule has 3 aromatic rings. The number of thioether (sulfide) groups is 1. The second kappa shape index (κ2) is 7.57. The number of aryl methyl sites for hydroxylation is 2. The van der Waals surface area contributed by atoms with E-state index in [4.69, 9.17) is 4.42 Å². The van der Waals surface area contributed by atoms with Crippen LogP contribution in [0.2, 0.25) is 0 Å². The molecular formula is C18H20N4O2S. The van der Waals surface area contributed by atoms with Gasteiger partial charge in [-0.2, -0.15) is 0 Å². The van der Waals surface area contributed by atoms with Crippen LogP contribution in [0.4, 0.5) is 0 Å². The molecule has 0 aliphatic heterocycles. The van der Waals surface area contributed by atoms with Crippen molar-refractivity contribution >= 4 is 17.7 Å². The van der Waals surface area contributed by atoms with E-state index in [0.29, 0.717) is 17.5 Å². The Morgan fingerprint density at radius 2 is 1.96 bits per heavy atom. The number of rotatable bonds is 6. The molecule has 0 saturated heterocycles. The van der Waals surface area contributed by atoms with E-state index >= 15 is 0 Å². The highest BCUT2D eigenvalue weighted by atomic mass is 32.2. The second-order valence-electron chi connectivity index (χ2n) is 5.88. The Balaban J connectivity index is 1.54. The van der Waals surface area contributed by atoms with Gasteiger partial charge in [-0.1, -0.05) is 41.6 Å². The molecule has 2 heterocycles. The number of hydrogen-bond donors (Lipinski definition) is 1. The highest BCUT2D eigenvalue weighted by Crippen LogP contribution is 2.20. The number of benzene rings is 1. The van der Waals surface area contributed by atoms with Crippen LogP contribution in [0.3, 0.4) is 0 Å². The maximum absolute atomic E-state index is 12.2. The molecule has 0 fully saturated rings. The van der Waals surface area contributed by atoms with Gasteiger partial charge >= 0.3 is 0 Å². The Bertz CT molecular complexity index is 854. The molecule has 130 valence electrons. The highest BCUT2D eigenvalue weighted by molar-refractivity contribution is 7.99. The van der Waals surface area contributed by atoms with Crippen LogP contribution in [-0.2, 0) is 11.3 Å². The zero-order chi connectivity index (χ0) is 17.8. The summed E-state index contributed by atoms with van der Waals surface area (Å²) in [7, 11) is 1.76. The molecule has 6 nitrogen and oxygen atoms in total. The monoisotopic (exact) mass is 356 g/mol. The molecule has 0 spiro atoms. The Morgan fingerprint density at radius 1 is 1.20 bits per heavy atom. The molecule has 0 aliphatic rings. The Morgan fingerprint density at radius 3 is 2.64 bits per heavy atom. The van der Waals surface area contributed by atoms with E-state index in [-0.39, 0.29) is 11.7 Å². The van der Waals surface area contributed by atoms with Gasteiger partial charge in [0.25, 0.3) is 0 Å². The van der Waals surface area contributed by atoms with Crippen molar-refractivity contribution in [3.63, 3.8) is 0 Å². The van der Waals surface area contributed by atoms with Gasteiger partial charge in [-0.25, -0.2) is 4.98 Å². The zero-order valence-electron chi connectivity index (χ0n) is 14.4. The van der Waals surface area contributed by atoms with Crippen molar-refractivity contribution in [2.75, 3.05) is 12.8 Å². The molecule has 1 N–H and O–H groups in total. The normalized spacial score (nSPS) is 10.8. The number of amides is 1. The van der Waals surface area contributed by atoms with Crippen LogP contribution in [0.25, 0.3) is 11.4 Å². The van der Waals surface area contributed by atoms with Gasteiger partial charge in [-0.05, 0) is 26.0 Å². The van der Waals surface area contributed by atoms with Crippen LogP contribution >= 0.6 is 11.8 Å². The van der Waals surface area contributed by atoms with Crippen molar-refractivity contribution in [2.45, 2.75) is 25.5 Å². The lowest BCUT2D eigenvalue weighted by atomic mass is 10.1. The highest BCUT2D eigenvalue weighted by Gasteiger charge is 2.14. The van der Waals surface area contributed by atoms with Gasteiger partial charge in [0.05, 0.1) is 12.3 Å². The maximum atomic E-state index is 12.2. The van der Waals surface area contributed by atoms with Gasteiger partial charge in [0, 0.05) is 12.6 Å². The first kappa shape index (κ1) is 17.3. The summed E-state index contributed by atoms with van der Waals surface area (Å²) in [6.07, 6.45) is 0. The minimum atomic E-state index is 0.000684. The summed E-state index contributed by atoms with van der Waals surface area (Å²) in [6.45, 7) is 4.38. The minimum absolute atomic E-state index is 0.000684. The zero-order valence-corrected chi connectivity index (χ0v) is 15.3. The fourth-order valence-electron chi connectivity index (χ4n) is 2.28. The van der Waals surface area contributed by atoms with E-state index in [9.17, 15) is 4.79 Å². The van der Waals surface area contributed by atoms with Crippen molar-refractivity contribution in [2.24, 2.45) is 0 Å². The first-order chi connectivity index (χ1) is 12.0. The van der Waals surface area contributed by atoms with Gasteiger partial charge in [0.1, 0.15) is 11.5 Å². The quantitative estimate of drug-likeness (QED) is 0.685. The van der Waals surface area contributed by atoms with Gasteiger partial charge in [0.15, 0.2) is 5.82 Å². The average Bonchev–Trinajstić information content (AvgIpc) is 3.22. The van der Waals surface area contributed by atoms with Gasteiger partial charge in [-0.15, -0.1) is 5.10 Å². The van der Waals surface area contributed by atoms with Gasteiger partial charge in [-0.3, -0.25) is 9.89 Å².